The van der Waals surface area contributed by atoms with Gasteiger partial charge in [-0.2, -0.15) is 0 Å². The van der Waals surface area contributed by atoms with E-state index in [4.69, 9.17) is 5.73 Å². The lowest BCUT2D eigenvalue weighted by Crippen LogP contribution is -2.47. The first kappa shape index (κ1) is 16.5. The van der Waals surface area contributed by atoms with Crippen molar-refractivity contribution in [2.24, 2.45) is 11.7 Å². The molecule has 2 nitrogen and oxygen atoms in total. The summed E-state index contributed by atoms with van der Waals surface area (Å²) in [6.45, 7) is 10.2. The number of rotatable bonds is 6. The van der Waals surface area contributed by atoms with Crippen LogP contribution in [0.3, 0.4) is 0 Å². The molecule has 1 aromatic carbocycles. The highest BCUT2D eigenvalue weighted by molar-refractivity contribution is 5.25. The average molecular weight is 288 g/mol. The first-order chi connectivity index (χ1) is 9.99. The zero-order valence-electron chi connectivity index (χ0n) is 14.2. The molecular formula is C19H32N2. The SMILES string of the molecule is Cc1ccc(C(N)C(C)N(CC(C)C)C2CCCC2)cc1. The summed E-state index contributed by atoms with van der Waals surface area (Å²) in [6.07, 6.45) is 5.45. The number of benzene rings is 1. The van der Waals surface area contributed by atoms with Crippen molar-refractivity contribution in [3.63, 3.8) is 0 Å². The lowest BCUT2D eigenvalue weighted by Gasteiger charge is -2.39. The second-order valence-corrected chi connectivity index (χ2v) is 7.21. The maximum Gasteiger partial charge on any atom is 0.0450 e. The number of nitrogens with two attached hydrogens (primary N) is 1. The average Bonchev–Trinajstić information content (AvgIpc) is 2.98. The molecule has 2 atom stereocenters. The van der Waals surface area contributed by atoms with Crippen LogP contribution in [0.5, 0.6) is 0 Å². The summed E-state index contributed by atoms with van der Waals surface area (Å²) in [7, 11) is 0. The quantitative estimate of drug-likeness (QED) is 0.846. The van der Waals surface area contributed by atoms with Gasteiger partial charge in [0.1, 0.15) is 0 Å². The van der Waals surface area contributed by atoms with Gasteiger partial charge in [-0.05, 0) is 38.2 Å². The van der Waals surface area contributed by atoms with Crippen LogP contribution >= 0.6 is 0 Å². The Balaban J connectivity index is 2.11. The summed E-state index contributed by atoms with van der Waals surface area (Å²) in [5.41, 5.74) is 9.15. The van der Waals surface area contributed by atoms with Crippen molar-refractivity contribution in [2.75, 3.05) is 6.54 Å². The van der Waals surface area contributed by atoms with Gasteiger partial charge in [0.05, 0.1) is 0 Å². The third-order valence-corrected chi connectivity index (χ3v) is 4.87. The lowest BCUT2D eigenvalue weighted by molar-refractivity contribution is 0.111. The molecule has 2 rings (SSSR count). The molecule has 1 aliphatic carbocycles. The van der Waals surface area contributed by atoms with Gasteiger partial charge < -0.3 is 5.73 Å². The summed E-state index contributed by atoms with van der Waals surface area (Å²) in [4.78, 5) is 2.68. The normalized spacial score (nSPS) is 19.4. The van der Waals surface area contributed by atoms with Gasteiger partial charge in [-0.1, -0.05) is 56.5 Å². The van der Waals surface area contributed by atoms with Gasteiger partial charge in [-0.3, -0.25) is 4.90 Å². The Morgan fingerprint density at radius 1 is 1.10 bits per heavy atom. The van der Waals surface area contributed by atoms with E-state index in [1.807, 2.05) is 0 Å². The Hall–Kier alpha value is -0.860. The smallest absolute Gasteiger partial charge is 0.0450 e. The Kier molecular flexibility index (Phi) is 5.83. The van der Waals surface area contributed by atoms with Gasteiger partial charge in [-0.25, -0.2) is 0 Å². The highest BCUT2D eigenvalue weighted by Crippen LogP contribution is 2.29. The molecule has 2 N–H and O–H groups in total. The molecule has 1 fully saturated rings. The number of nitrogens with zero attached hydrogens (tertiary/aromatic N) is 1. The molecule has 1 aromatic rings. The molecule has 0 heterocycles. The van der Waals surface area contributed by atoms with Gasteiger partial charge in [0.25, 0.3) is 0 Å². The molecule has 1 aliphatic rings. The molecule has 1 saturated carbocycles. The summed E-state index contributed by atoms with van der Waals surface area (Å²) in [5.74, 6) is 0.693. The predicted octanol–water partition coefficient (Wildman–Crippen LogP) is 4.28. The van der Waals surface area contributed by atoms with E-state index in [2.05, 4.69) is 56.9 Å². The van der Waals surface area contributed by atoms with E-state index in [9.17, 15) is 0 Å². The minimum Gasteiger partial charge on any atom is -0.323 e. The first-order valence-corrected chi connectivity index (χ1v) is 8.57. The van der Waals surface area contributed by atoms with Crippen molar-refractivity contribution in [2.45, 2.75) is 71.5 Å². The van der Waals surface area contributed by atoms with E-state index in [-0.39, 0.29) is 6.04 Å². The van der Waals surface area contributed by atoms with Crippen LogP contribution in [0.15, 0.2) is 24.3 Å². The second-order valence-electron chi connectivity index (χ2n) is 7.21. The van der Waals surface area contributed by atoms with E-state index in [0.717, 1.165) is 12.6 Å². The van der Waals surface area contributed by atoms with Gasteiger partial charge in [0, 0.05) is 24.7 Å². The van der Waals surface area contributed by atoms with Crippen LogP contribution in [-0.4, -0.2) is 23.5 Å². The second kappa shape index (κ2) is 7.42. The monoisotopic (exact) mass is 288 g/mol. The largest absolute Gasteiger partial charge is 0.323 e. The van der Waals surface area contributed by atoms with Crippen LogP contribution in [0.25, 0.3) is 0 Å². The lowest BCUT2D eigenvalue weighted by atomic mass is 9.96. The fourth-order valence-electron chi connectivity index (χ4n) is 3.58. The van der Waals surface area contributed by atoms with Crippen molar-refractivity contribution in [1.82, 2.24) is 4.90 Å². The van der Waals surface area contributed by atoms with E-state index >= 15 is 0 Å². The van der Waals surface area contributed by atoms with Gasteiger partial charge in [0.15, 0.2) is 0 Å². The van der Waals surface area contributed by atoms with Crippen LogP contribution in [0.4, 0.5) is 0 Å². The van der Waals surface area contributed by atoms with Crippen LogP contribution in [-0.2, 0) is 0 Å². The molecule has 21 heavy (non-hydrogen) atoms. The van der Waals surface area contributed by atoms with Crippen molar-refractivity contribution >= 4 is 0 Å². The van der Waals surface area contributed by atoms with E-state index in [1.54, 1.807) is 0 Å². The standard InChI is InChI=1S/C19H32N2/c1-14(2)13-21(18-7-5-6-8-18)16(4)19(20)17-11-9-15(3)10-12-17/h9-12,14,16,18-19H,5-8,13,20H2,1-4H3. The number of aryl methyl sites for hydroxylation is 1. The zero-order chi connectivity index (χ0) is 15.4. The van der Waals surface area contributed by atoms with Crippen molar-refractivity contribution in [1.29, 1.82) is 0 Å². The third kappa shape index (κ3) is 4.31. The topological polar surface area (TPSA) is 29.3 Å². The fraction of sp³-hybridized carbons (Fsp3) is 0.684. The molecule has 2 heteroatoms. The zero-order valence-corrected chi connectivity index (χ0v) is 14.2. The van der Waals surface area contributed by atoms with Gasteiger partial charge in [0.2, 0.25) is 0 Å². The molecule has 0 amide bonds. The first-order valence-electron chi connectivity index (χ1n) is 8.57. The Bertz CT molecular complexity index is 418. The molecule has 118 valence electrons. The molecule has 0 bridgehead atoms. The maximum atomic E-state index is 6.59. The van der Waals surface area contributed by atoms with Gasteiger partial charge >= 0.3 is 0 Å². The predicted molar refractivity (Wildman–Crippen MR) is 91.4 cm³/mol. The van der Waals surface area contributed by atoms with Crippen molar-refractivity contribution in [3.05, 3.63) is 35.4 Å². The summed E-state index contributed by atoms with van der Waals surface area (Å²) in [6, 6.07) is 9.97. The van der Waals surface area contributed by atoms with E-state index in [1.165, 1.54) is 36.8 Å². The maximum absolute atomic E-state index is 6.59. The van der Waals surface area contributed by atoms with Crippen LogP contribution in [0, 0.1) is 12.8 Å². The van der Waals surface area contributed by atoms with Crippen LogP contribution in [0.1, 0.15) is 63.6 Å². The molecule has 2 unspecified atom stereocenters. The Morgan fingerprint density at radius 3 is 2.19 bits per heavy atom. The third-order valence-electron chi connectivity index (χ3n) is 4.87. The highest BCUT2D eigenvalue weighted by Gasteiger charge is 2.30. The molecule has 0 aliphatic heterocycles. The van der Waals surface area contributed by atoms with Crippen molar-refractivity contribution in [3.8, 4) is 0 Å². The summed E-state index contributed by atoms with van der Waals surface area (Å²) >= 11 is 0. The van der Waals surface area contributed by atoms with Crippen molar-refractivity contribution < 1.29 is 0 Å². The van der Waals surface area contributed by atoms with Crippen LogP contribution in [0.2, 0.25) is 0 Å². The van der Waals surface area contributed by atoms with E-state index < -0.39 is 0 Å². The minimum atomic E-state index is 0.102. The molecular weight excluding hydrogens is 256 g/mol. The Morgan fingerprint density at radius 2 is 1.67 bits per heavy atom. The molecule has 0 radical (unpaired) electrons. The molecule has 0 aromatic heterocycles. The fourth-order valence-corrected chi connectivity index (χ4v) is 3.58. The van der Waals surface area contributed by atoms with Gasteiger partial charge in [-0.15, -0.1) is 0 Å². The van der Waals surface area contributed by atoms with Crippen LogP contribution < -0.4 is 5.73 Å². The molecule has 0 saturated heterocycles. The molecule has 0 spiro atoms. The summed E-state index contributed by atoms with van der Waals surface area (Å²) in [5, 5.41) is 0. The number of hydrogen-bond acceptors (Lipinski definition) is 2. The summed E-state index contributed by atoms with van der Waals surface area (Å²) < 4.78 is 0. The van der Waals surface area contributed by atoms with E-state index in [0.29, 0.717) is 12.0 Å². The highest BCUT2D eigenvalue weighted by atomic mass is 15.2. The Labute approximate surface area is 130 Å². The number of hydrogen-bond donors (Lipinski definition) is 1. The minimum absolute atomic E-state index is 0.102.